The number of hydrogen-bond donors (Lipinski definition) is 1. The Morgan fingerprint density at radius 2 is 1.72 bits per heavy atom. The smallest absolute Gasteiger partial charge is 0.207 e. The molecule has 132 valence electrons. The Morgan fingerprint density at radius 1 is 1.00 bits per heavy atom. The van der Waals surface area contributed by atoms with Gasteiger partial charge in [-0.15, -0.1) is 0 Å². The van der Waals surface area contributed by atoms with Crippen LogP contribution in [0.2, 0.25) is 0 Å². The fourth-order valence-electron chi connectivity index (χ4n) is 3.24. The number of allylic oxidation sites excluding steroid dienone is 1. The van der Waals surface area contributed by atoms with Gasteiger partial charge in [0.05, 0.1) is 10.9 Å². The van der Waals surface area contributed by atoms with E-state index in [0.717, 1.165) is 30.4 Å². The van der Waals surface area contributed by atoms with Crippen LogP contribution in [0.4, 0.5) is 0 Å². The first-order valence-corrected chi connectivity index (χ1v) is 10.3. The molecule has 0 aromatic heterocycles. The van der Waals surface area contributed by atoms with E-state index in [0.29, 0.717) is 4.90 Å². The van der Waals surface area contributed by atoms with Gasteiger partial charge in [-0.25, -0.2) is 13.1 Å². The van der Waals surface area contributed by atoms with Gasteiger partial charge in [0, 0.05) is 0 Å². The maximum atomic E-state index is 12.8. The number of hydrogen-bond acceptors (Lipinski definition) is 2. The molecule has 0 aliphatic heterocycles. The van der Waals surface area contributed by atoms with Crippen molar-refractivity contribution in [2.45, 2.75) is 50.0 Å². The van der Waals surface area contributed by atoms with Gasteiger partial charge in [-0.2, -0.15) is 0 Å². The maximum absolute atomic E-state index is 12.8. The monoisotopic (exact) mass is 355 g/mol. The van der Waals surface area contributed by atoms with E-state index < -0.39 is 10.0 Å². The van der Waals surface area contributed by atoms with E-state index in [-0.39, 0.29) is 6.04 Å². The van der Waals surface area contributed by atoms with Crippen LogP contribution in [-0.2, 0) is 10.0 Å². The Bertz CT molecular complexity index is 824. The number of rotatable bonds is 6. The van der Waals surface area contributed by atoms with Gasteiger partial charge in [0.2, 0.25) is 10.0 Å². The van der Waals surface area contributed by atoms with Crippen LogP contribution in [0.1, 0.15) is 49.3 Å². The van der Waals surface area contributed by atoms with E-state index in [1.807, 2.05) is 49.4 Å². The largest absolute Gasteiger partial charge is 0.241 e. The highest BCUT2D eigenvalue weighted by molar-refractivity contribution is 7.89. The van der Waals surface area contributed by atoms with Gasteiger partial charge in [0.25, 0.3) is 0 Å². The molecule has 1 aliphatic carbocycles. The quantitative estimate of drug-likeness (QED) is 0.749. The lowest BCUT2D eigenvalue weighted by atomic mass is 9.92. The number of benzene rings is 2. The van der Waals surface area contributed by atoms with Gasteiger partial charge in [0.1, 0.15) is 0 Å². The van der Waals surface area contributed by atoms with Crippen LogP contribution in [0.3, 0.4) is 0 Å². The predicted molar refractivity (Wildman–Crippen MR) is 102 cm³/mol. The first kappa shape index (κ1) is 17.9. The summed E-state index contributed by atoms with van der Waals surface area (Å²) in [5.74, 6) is 0. The molecule has 0 heterocycles. The number of nitrogens with one attached hydrogen (secondary N) is 1. The maximum Gasteiger partial charge on any atom is 0.241 e. The molecule has 2 aromatic carbocycles. The molecule has 25 heavy (non-hydrogen) atoms. The lowest BCUT2D eigenvalue weighted by Crippen LogP contribution is -2.29. The Morgan fingerprint density at radius 3 is 2.36 bits per heavy atom. The van der Waals surface area contributed by atoms with Crippen LogP contribution < -0.4 is 4.72 Å². The van der Waals surface area contributed by atoms with Crippen LogP contribution in [0.15, 0.2) is 71.1 Å². The first-order chi connectivity index (χ1) is 12.0. The van der Waals surface area contributed by atoms with Crippen molar-refractivity contribution in [2.75, 3.05) is 0 Å². The Labute approximate surface area is 150 Å². The summed E-state index contributed by atoms with van der Waals surface area (Å²) in [4.78, 5) is 0.316. The molecular formula is C21H25NO2S. The molecule has 3 nitrogen and oxygen atoms in total. The van der Waals surface area contributed by atoms with Crippen molar-refractivity contribution < 1.29 is 8.42 Å². The summed E-state index contributed by atoms with van der Waals surface area (Å²) in [6.45, 7) is 1.95. The van der Waals surface area contributed by atoms with E-state index in [4.69, 9.17) is 0 Å². The second kappa shape index (κ2) is 7.98. The van der Waals surface area contributed by atoms with Gasteiger partial charge >= 0.3 is 0 Å². The Hall–Kier alpha value is -1.91. The highest BCUT2D eigenvalue weighted by atomic mass is 32.2. The summed E-state index contributed by atoms with van der Waals surface area (Å²) in [7, 11) is -3.55. The summed E-state index contributed by atoms with van der Waals surface area (Å²) < 4.78 is 28.6. The normalized spacial score (nSPS) is 16.3. The van der Waals surface area contributed by atoms with Crippen molar-refractivity contribution in [3.63, 3.8) is 0 Å². The highest BCUT2D eigenvalue weighted by Crippen LogP contribution is 2.29. The molecule has 0 saturated heterocycles. The third kappa shape index (κ3) is 4.80. The van der Waals surface area contributed by atoms with E-state index >= 15 is 0 Å². The van der Waals surface area contributed by atoms with Crippen molar-refractivity contribution in [1.29, 1.82) is 0 Å². The van der Waals surface area contributed by atoms with Gasteiger partial charge in [-0.3, -0.25) is 0 Å². The Balaban J connectivity index is 1.86. The molecule has 2 aromatic rings. The lowest BCUT2D eigenvalue weighted by molar-refractivity contribution is 0.545. The molecule has 3 rings (SSSR count). The van der Waals surface area contributed by atoms with Crippen molar-refractivity contribution in [3.05, 3.63) is 77.4 Å². The first-order valence-electron chi connectivity index (χ1n) is 8.86. The van der Waals surface area contributed by atoms with E-state index in [1.54, 1.807) is 12.1 Å². The van der Waals surface area contributed by atoms with Gasteiger partial charge in [-0.05, 0) is 56.7 Å². The average Bonchev–Trinajstić information content (AvgIpc) is 2.63. The minimum atomic E-state index is -3.55. The van der Waals surface area contributed by atoms with E-state index in [9.17, 15) is 8.42 Å². The molecule has 0 fully saturated rings. The predicted octanol–water partition coefficient (Wildman–Crippen LogP) is 4.91. The van der Waals surface area contributed by atoms with Crippen molar-refractivity contribution in [2.24, 2.45) is 0 Å². The topological polar surface area (TPSA) is 46.2 Å². The average molecular weight is 356 g/mol. The molecule has 0 bridgehead atoms. The van der Waals surface area contributed by atoms with Crippen LogP contribution in [0.25, 0.3) is 0 Å². The second-order valence-electron chi connectivity index (χ2n) is 6.71. The minimum absolute atomic E-state index is 0.239. The zero-order chi connectivity index (χ0) is 17.7. The van der Waals surface area contributed by atoms with Crippen molar-refractivity contribution >= 4 is 10.0 Å². The number of sulfonamides is 1. The molecular weight excluding hydrogens is 330 g/mol. The molecule has 0 saturated carbocycles. The molecule has 1 N–H and O–H groups in total. The molecule has 0 radical (unpaired) electrons. The lowest BCUT2D eigenvalue weighted by Gasteiger charge is -2.22. The second-order valence-corrected chi connectivity index (χ2v) is 8.42. The van der Waals surface area contributed by atoms with E-state index in [2.05, 4.69) is 10.8 Å². The summed E-state index contributed by atoms with van der Waals surface area (Å²) in [5, 5.41) is 0. The fraction of sp³-hybridized carbons (Fsp3) is 0.333. The third-order valence-corrected chi connectivity index (χ3v) is 6.17. The molecule has 1 unspecified atom stereocenters. The van der Waals surface area contributed by atoms with Crippen LogP contribution >= 0.6 is 0 Å². The van der Waals surface area contributed by atoms with Crippen molar-refractivity contribution in [3.8, 4) is 0 Å². The molecule has 1 aliphatic rings. The van der Waals surface area contributed by atoms with Crippen LogP contribution in [0.5, 0.6) is 0 Å². The van der Waals surface area contributed by atoms with Gasteiger partial charge < -0.3 is 0 Å². The highest BCUT2D eigenvalue weighted by Gasteiger charge is 2.22. The van der Waals surface area contributed by atoms with Gasteiger partial charge in [-0.1, -0.05) is 59.7 Å². The summed E-state index contributed by atoms with van der Waals surface area (Å²) in [6, 6.07) is 16.6. The minimum Gasteiger partial charge on any atom is -0.207 e. The summed E-state index contributed by atoms with van der Waals surface area (Å²) in [6.07, 6.45) is 7.60. The van der Waals surface area contributed by atoms with Crippen LogP contribution in [0, 0.1) is 6.92 Å². The third-order valence-electron chi connectivity index (χ3n) is 4.68. The van der Waals surface area contributed by atoms with Crippen molar-refractivity contribution in [1.82, 2.24) is 4.72 Å². The zero-order valence-electron chi connectivity index (χ0n) is 14.6. The van der Waals surface area contributed by atoms with E-state index in [1.165, 1.54) is 18.4 Å². The standard InChI is InChI=1S/C21H25NO2S/c1-17-12-14-20(15-13-17)25(23,24)22-21(19-10-6-3-7-11-19)16-18-8-4-2-5-9-18/h3,6-8,10-15,21-22H,2,4-5,9,16H2,1H3. The molecule has 1 atom stereocenters. The number of aryl methyl sites for hydroxylation is 1. The molecule has 0 spiro atoms. The summed E-state index contributed by atoms with van der Waals surface area (Å²) in [5.41, 5.74) is 3.40. The van der Waals surface area contributed by atoms with Gasteiger partial charge in [0.15, 0.2) is 0 Å². The molecule has 0 amide bonds. The fourth-order valence-corrected chi connectivity index (χ4v) is 4.46. The zero-order valence-corrected chi connectivity index (χ0v) is 15.4. The molecule has 4 heteroatoms. The Kier molecular flexibility index (Phi) is 5.71. The SMILES string of the molecule is Cc1ccc(S(=O)(=O)NC(CC2=CCCCC2)c2ccccc2)cc1. The summed E-state index contributed by atoms with van der Waals surface area (Å²) >= 11 is 0. The van der Waals surface area contributed by atoms with Crippen LogP contribution in [-0.4, -0.2) is 8.42 Å².